The van der Waals surface area contributed by atoms with E-state index in [1.807, 2.05) is 49.3 Å². The van der Waals surface area contributed by atoms with Gasteiger partial charge in [-0.25, -0.2) is 12.8 Å². The molecule has 230 valence electrons. The molecule has 0 saturated carbocycles. The van der Waals surface area contributed by atoms with Crippen LogP contribution >= 0.6 is 22.9 Å². The third-order valence-corrected chi connectivity index (χ3v) is 11.1. The maximum Gasteiger partial charge on any atom is 0.256 e. The molecular weight excluding hydrogens is 613 g/mol. The van der Waals surface area contributed by atoms with E-state index in [0.717, 1.165) is 20.6 Å². The Morgan fingerprint density at radius 2 is 1.81 bits per heavy atom. The number of aliphatic hydroxyl groups excluding tert-OH is 1. The van der Waals surface area contributed by atoms with Crippen LogP contribution in [-0.4, -0.2) is 67.3 Å². The average Bonchev–Trinajstić information content (AvgIpc) is 3.56. The number of benzene rings is 2. The van der Waals surface area contributed by atoms with Gasteiger partial charge in [0.2, 0.25) is 10.0 Å². The number of halogens is 2. The number of carbonyl (C=O) groups excluding carboxylic acids is 1. The number of aliphatic hydroxyl groups is 1. The lowest BCUT2D eigenvalue weighted by Crippen LogP contribution is -2.38. The van der Waals surface area contributed by atoms with E-state index in [0.29, 0.717) is 22.6 Å². The Kier molecular flexibility index (Phi) is 8.88. The quantitative estimate of drug-likeness (QED) is 0.237. The normalized spacial score (nSPS) is 15.2. The predicted molar refractivity (Wildman–Crippen MR) is 169 cm³/mol. The van der Waals surface area contributed by atoms with E-state index in [-0.39, 0.29) is 36.0 Å². The van der Waals surface area contributed by atoms with Crippen molar-refractivity contribution in [2.45, 2.75) is 44.0 Å². The van der Waals surface area contributed by atoms with E-state index in [1.165, 1.54) is 15.6 Å². The Labute approximate surface area is 259 Å². The summed E-state index contributed by atoms with van der Waals surface area (Å²) in [7, 11) is -0.00177. The highest BCUT2D eigenvalue weighted by Gasteiger charge is 2.37. The SMILES string of the molecule is CN(C)c1cccc2c(S(=O)(=O)N3CCC(c4nn(C(=O)C(C)(C)CO)c(NCc5ccc(Cl)s5)c4F)CC3)cccc12. The Morgan fingerprint density at radius 1 is 1.14 bits per heavy atom. The predicted octanol–water partition coefficient (Wildman–Crippen LogP) is 5.80. The number of hydrogen-bond acceptors (Lipinski definition) is 8. The van der Waals surface area contributed by atoms with Gasteiger partial charge in [-0.15, -0.1) is 11.3 Å². The maximum atomic E-state index is 16.0. The minimum atomic E-state index is -3.83. The molecule has 43 heavy (non-hydrogen) atoms. The van der Waals surface area contributed by atoms with E-state index in [2.05, 4.69) is 10.4 Å². The fourth-order valence-electron chi connectivity index (χ4n) is 5.34. The standard InChI is InChI=1S/C30H35ClFN5O4S2/c1-30(2,18-38)29(39)37-28(33-17-20-11-12-25(31)42-20)26(32)27(34-37)19-13-15-36(16-14-19)43(40,41)24-10-6-7-21-22(24)8-5-9-23(21)35(3)4/h5-12,19,33,38H,13-18H2,1-4H3. The van der Waals surface area contributed by atoms with Crippen LogP contribution in [-0.2, 0) is 16.6 Å². The molecule has 0 amide bonds. The molecule has 1 fully saturated rings. The molecule has 13 heteroatoms. The Balaban J connectivity index is 1.41. The molecule has 1 saturated heterocycles. The van der Waals surface area contributed by atoms with Gasteiger partial charge in [0, 0.05) is 54.4 Å². The van der Waals surface area contributed by atoms with Gasteiger partial charge in [0.1, 0.15) is 5.69 Å². The Hall–Kier alpha value is -3.03. The molecule has 4 aromatic rings. The largest absolute Gasteiger partial charge is 0.395 e. The lowest BCUT2D eigenvalue weighted by molar-refractivity contribution is 0.0615. The van der Waals surface area contributed by atoms with E-state index in [9.17, 15) is 18.3 Å². The molecule has 9 nitrogen and oxygen atoms in total. The molecule has 0 bridgehead atoms. The summed E-state index contributed by atoms with van der Waals surface area (Å²) in [6.07, 6.45) is 0.664. The Morgan fingerprint density at radius 3 is 2.44 bits per heavy atom. The molecule has 0 atom stereocenters. The van der Waals surface area contributed by atoms with Crippen molar-refractivity contribution in [2.75, 3.05) is 44.0 Å². The zero-order chi connectivity index (χ0) is 31.1. The van der Waals surface area contributed by atoms with Gasteiger partial charge in [-0.3, -0.25) is 4.79 Å². The molecule has 1 aliphatic heterocycles. The summed E-state index contributed by atoms with van der Waals surface area (Å²) >= 11 is 7.38. The van der Waals surface area contributed by atoms with E-state index < -0.39 is 39.7 Å². The maximum absolute atomic E-state index is 16.0. The molecule has 1 aliphatic rings. The van der Waals surface area contributed by atoms with Crippen molar-refractivity contribution in [1.29, 1.82) is 0 Å². The van der Waals surface area contributed by atoms with Gasteiger partial charge in [-0.1, -0.05) is 35.9 Å². The summed E-state index contributed by atoms with van der Waals surface area (Å²) in [4.78, 5) is 16.3. The summed E-state index contributed by atoms with van der Waals surface area (Å²) in [6, 6.07) is 14.4. The van der Waals surface area contributed by atoms with Crippen molar-refractivity contribution in [3.8, 4) is 0 Å². The van der Waals surface area contributed by atoms with Crippen molar-refractivity contribution in [3.63, 3.8) is 0 Å². The molecule has 2 N–H and O–H groups in total. The van der Waals surface area contributed by atoms with Crippen LogP contribution in [0.4, 0.5) is 15.9 Å². The van der Waals surface area contributed by atoms with E-state index in [1.54, 1.807) is 32.0 Å². The van der Waals surface area contributed by atoms with Gasteiger partial charge in [-0.2, -0.15) is 14.1 Å². The first-order chi connectivity index (χ1) is 20.3. The molecule has 3 heterocycles. The van der Waals surface area contributed by atoms with E-state index >= 15 is 4.39 Å². The summed E-state index contributed by atoms with van der Waals surface area (Å²) < 4.78 is 46.7. The summed E-state index contributed by atoms with van der Waals surface area (Å²) in [5.74, 6) is -1.70. The zero-order valence-corrected chi connectivity index (χ0v) is 26.9. The van der Waals surface area contributed by atoms with E-state index in [4.69, 9.17) is 11.6 Å². The first-order valence-corrected chi connectivity index (χ1v) is 16.6. The van der Waals surface area contributed by atoms with Gasteiger partial charge in [0.15, 0.2) is 11.6 Å². The molecule has 0 unspecified atom stereocenters. The number of anilines is 2. The van der Waals surface area contributed by atoms with Crippen LogP contribution in [0.15, 0.2) is 53.4 Å². The van der Waals surface area contributed by atoms with Gasteiger partial charge in [0.05, 0.1) is 27.8 Å². The number of thiophene rings is 1. The fraction of sp³-hybridized carbons (Fsp3) is 0.400. The van der Waals surface area contributed by atoms with Gasteiger partial charge in [-0.05, 0) is 51.0 Å². The number of piperidine rings is 1. The molecule has 2 aromatic heterocycles. The topological polar surface area (TPSA) is 108 Å². The van der Waals surface area contributed by atoms with Gasteiger partial charge >= 0.3 is 0 Å². The van der Waals surface area contributed by atoms with Crippen LogP contribution in [0.5, 0.6) is 0 Å². The van der Waals surface area contributed by atoms with Crippen molar-refractivity contribution < 1.29 is 22.7 Å². The number of aromatic nitrogens is 2. The summed E-state index contributed by atoms with van der Waals surface area (Å²) in [6.45, 7) is 3.27. The summed E-state index contributed by atoms with van der Waals surface area (Å²) in [5.41, 5.74) is -0.169. The Bertz CT molecular complexity index is 1760. The number of hydrogen-bond donors (Lipinski definition) is 2. The van der Waals surface area contributed by atoms with Crippen LogP contribution in [0.3, 0.4) is 0 Å². The second-order valence-corrected chi connectivity index (χ2v) is 15.3. The molecular formula is C30H35ClFN5O4S2. The van der Waals surface area contributed by atoms with Crippen molar-refractivity contribution in [3.05, 3.63) is 69.3 Å². The minimum absolute atomic E-state index is 0.0893. The second-order valence-electron chi connectivity index (χ2n) is 11.6. The zero-order valence-electron chi connectivity index (χ0n) is 24.5. The molecule has 0 aliphatic carbocycles. The van der Waals surface area contributed by atoms with Crippen molar-refractivity contribution >= 4 is 61.1 Å². The number of rotatable bonds is 9. The third kappa shape index (κ3) is 6.03. The fourth-order valence-corrected chi connectivity index (χ4v) is 8.04. The van der Waals surface area contributed by atoms with Crippen LogP contribution in [0, 0.1) is 11.2 Å². The van der Waals surface area contributed by atoms with Gasteiger partial charge in [0.25, 0.3) is 5.91 Å². The monoisotopic (exact) mass is 647 g/mol. The highest BCUT2D eigenvalue weighted by molar-refractivity contribution is 7.89. The lowest BCUT2D eigenvalue weighted by atomic mass is 9.94. The first-order valence-electron chi connectivity index (χ1n) is 14.0. The third-order valence-electron chi connectivity index (χ3n) is 7.88. The van der Waals surface area contributed by atoms with Crippen LogP contribution in [0.1, 0.15) is 48.0 Å². The summed E-state index contributed by atoms with van der Waals surface area (Å²) in [5, 5.41) is 18.7. The van der Waals surface area contributed by atoms with Crippen molar-refractivity contribution in [1.82, 2.24) is 14.1 Å². The smallest absolute Gasteiger partial charge is 0.256 e. The number of nitrogens with one attached hydrogen (secondary N) is 1. The average molecular weight is 648 g/mol. The van der Waals surface area contributed by atoms with Crippen LogP contribution in [0.25, 0.3) is 10.8 Å². The molecule has 5 rings (SSSR count). The molecule has 2 aromatic carbocycles. The van der Waals surface area contributed by atoms with Gasteiger partial charge < -0.3 is 15.3 Å². The van der Waals surface area contributed by atoms with Crippen LogP contribution < -0.4 is 10.2 Å². The lowest BCUT2D eigenvalue weighted by Gasteiger charge is -2.31. The number of fused-ring (bicyclic) bond motifs is 1. The second kappa shape index (κ2) is 12.2. The van der Waals surface area contributed by atoms with Crippen molar-refractivity contribution in [2.24, 2.45) is 5.41 Å². The first kappa shape index (κ1) is 31.4. The number of nitrogens with zero attached hydrogens (tertiary/aromatic N) is 4. The number of sulfonamides is 1. The highest BCUT2D eigenvalue weighted by atomic mass is 35.5. The minimum Gasteiger partial charge on any atom is -0.395 e. The molecule has 0 spiro atoms. The van der Waals surface area contributed by atoms with Crippen LogP contribution in [0.2, 0.25) is 4.34 Å². The highest BCUT2D eigenvalue weighted by Crippen LogP contribution is 2.37. The molecule has 0 radical (unpaired) electrons. The number of carbonyl (C=O) groups is 1.